The van der Waals surface area contributed by atoms with E-state index in [2.05, 4.69) is 20.7 Å². The lowest BCUT2D eigenvalue weighted by atomic mass is 10.3. The average Bonchev–Trinajstić information content (AvgIpc) is 2.56. The fourth-order valence-corrected chi connectivity index (χ4v) is 5.31. The molecule has 1 unspecified atom stereocenters. The van der Waals surface area contributed by atoms with Gasteiger partial charge in [0.2, 0.25) is 10.0 Å². The Kier molecular flexibility index (Phi) is 4.01. The number of hydrogen-bond acceptors (Lipinski definition) is 4. The highest BCUT2D eigenvalue weighted by Crippen LogP contribution is 2.21. The minimum Gasteiger partial charge on any atom is -0.229 e. The molecule has 0 spiro atoms. The van der Waals surface area contributed by atoms with E-state index in [1.54, 1.807) is 0 Å². The summed E-state index contributed by atoms with van der Waals surface area (Å²) in [6.45, 7) is 0. The molecule has 9 heteroatoms. The number of sulfonamides is 1. The summed E-state index contributed by atoms with van der Waals surface area (Å²) in [4.78, 5) is -0.486. The van der Waals surface area contributed by atoms with Crippen LogP contribution in [-0.2, 0) is 19.9 Å². The lowest BCUT2D eigenvalue weighted by Crippen LogP contribution is -2.36. The molecule has 1 heterocycles. The van der Waals surface area contributed by atoms with E-state index in [1.165, 1.54) is 6.07 Å². The monoisotopic (exact) mass is 371 g/mol. The first-order valence-electron chi connectivity index (χ1n) is 5.37. The van der Waals surface area contributed by atoms with E-state index >= 15 is 0 Å². The lowest BCUT2D eigenvalue weighted by molar-refractivity contribution is 0.544. The van der Waals surface area contributed by atoms with Crippen LogP contribution in [0, 0.1) is 5.82 Å². The molecule has 1 aromatic carbocycles. The normalized spacial score (nSPS) is 22.5. The van der Waals surface area contributed by atoms with Crippen LogP contribution in [0.25, 0.3) is 0 Å². The van der Waals surface area contributed by atoms with Crippen LogP contribution < -0.4 is 4.72 Å². The molecule has 0 aromatic heterocycles. The highest BCUT2D eigenvalue weighted by atomic mass is 79.9. The smallest absolute Gasteiger partial charge is 0.229 e. The van der Waals surface area contributed by atoms with E-state index in [-0.39, 0.29) is 17.9 Å². The first-order chi connectivity index (χ1) is 8.70. The molecule has 0 bridgehead atoms. The van der Waals surface area contributed by atoms with Crippen molar-refractivity contribution >= 4 is 35.8 Å². The predicted octanol–water partition coefficient (Wildman–Crippen LogP) is 1.05. The van der Waals surface area contributed by atoms with Gasteiger partial charge in [-0.05, 0) is 24.6 Å². The maximum Gasteiger partial charge on any atom is 0.243 e. The second kappa shape index (κ2) is 5.12. The summed E-state index contributed by atoms with van der Waals surface area (Å²) >= 11 is 3.03. The molecule has 1 fully saturated rings. The third-order valence-corrected chi connectivity index (χ3v) is 6.55. The Balaban J connectivity index is 2.24. The Hall–Kier alpha value is -0.510. The van der Waals surface area contributed by atoms with Crippen molar-refractivity contribution in [1.29, 1.82) is 0 Å². The van der Waals surface area contributed by atoms with Gasteiger partial charge in [-0.2, -0.15) is 0 Å². The molecule has 5 nitrogen and oxygen atoms in total. The molecule has 106 valence electrons. The fourth-order valence-electron chi connectivity index (χ4n) is 1.86. The van der Waals surface area contributed by atoms with Gasteiger partial charge < -0.3 is 0 Å². The van der Waals surface area contributed by atoms with Crippen molar-refractivity contribution in [3.63, 3.8) is 0 Å². The summed E-state index contributed by atoms with van der Waals surface area (Å²) in [6, 6.07) is 2.88. The van der Waals surface area contributed by atoms with E-state index in [9.17, 15) is 21.2 Å². The topological polar surface area (TPSA) is 80.3 Å². The number of rotatable bonds is 3. The molecule has 1 aliphatic heterocycles. The third kappa shape index (κ3) is 3.53. The maximum absolute atomic E-state index is 13.6. The molecule has 0 amide bonds. The summed E-state index contributed by atoms with van der Waals surface area (Å²) in [7, 11) is -7.25. The Labute approximate surface area is 119 Å². The zero-order valence-corrected chi connectivity index (χ0v) is 12.9. The lowest BCUT2D eigenvalue weighted by Gasteiger charge is -2.12. The molecule has 19 heavy (non-hydrogen) atoms. The summed E-state index contributed by atoms with van der Waals surface area (Å²) in [5, 5.41) is 0. The van der Waals surface area contributed by atoms with Crippen molar-refractivity contribution in [2.75, 3.05) is 11.5 Å². The van der Waals surface area contributed by atoms with Crippen LogP contribution in [-0.4, -0.2) is 34.4 Å². The van der Waals surface area contributed by atoms with Gasteiger partial charge in [0.25, 0.3) is 0 Å². The third-order valence-electron chi connectivity index (χ3n) is 2.74. The zero-order chi connectivity index (χ0) is 14.3. The molecule has 0 aliphatic carbocycles. The Morgan fingerprint density at radius 2 is 2.05 bits per heavy atom. The van der Waals surface area contributed by atoms with E-state index in [0.29, 0.717) is 4.47 Å². The summed E-state index contributed by atoms with van der Waals surface area (Å²) in [5.41, 5.74) is 0. The Morgan fingerprint density at radius 1 is 1.37 bits per heavy atom. The second-order valence-electron chi connectivity index (χ2n) is 4.30. The minimum absolute atomic E-state index is 0.0526. The first kappa shape index (κ1) is 14.9. The van der Waals surface area contributed by atoms with Crippen LogP contribution in [0.15, 0.2) is 27.6 Å². The standard InChI is InChI=1S/C10H11BrFNO4S2/c11-7-1-2-10(9(12)5-7)19(16,17)13-8-3-4-18(14,15)6-8/h1-2,5,8,13H,3-4,6H2. The van der Waals surface area contributed by atoms with Crippen molar-refractivity contribution in [3.8, 4) is 0 Å². The van der Waals surface area contributed by atoms with Crippen LogP contribution in [0.5, 0.6) is 0 Å². The molecule has 1 saturated heterocycles. The van der Waals surface area contributed by atoms with Gasteiger partial charge in [0.1, 0.15) is 10.7 Å². The van der Waals surface area contributed by atoms with Crippen molar-refractivity contribution in [3.05, 3.63) is 28.5 Å². The van der Waals surface area contributed by atoms with Gasteiger partial charge in [0.05, 0.1) is 11.5 Å². The van der Waals surface area contributed by atoms with Crippen molar-refractivity contribution in [2.45, 2.75) is 17.4 Å². The van der Waals surface area contributed by atoms with E-state index in [4.69, 9.17) is 0 Å². The molecule has 1 aliphatic rings. The molecular weight excluding hydrogens is 361 g/mol. The maximum atomic E-state index is 13.6. The van der Waals surface area contributed by atoms with Crippen LogP contribution in [0.2, 0.25) is 0 Å². The van der Waals surface area contributed by atoms with E-state index in [1.807, 2.05) is 0 Å². The van der Waals surface area contributed by atoms with Gasteiger partial charge >= 0.3 is 0 Å². The van der Waals surface area contributed by atoms with Gasteiger partial charge in [-0.3, -0.25) is 0 Å². The Morgan fingerprint density at radius 3 is 2.58 bits per heavy atom. The number of sulfone groups is 1. The summed E-state index contributed by atoms with van der Waals surface area (Å²) in [5.74, 6) is -1.18. The van der Waals surface area contributed by atoms with Gasteiger partial charge in [0.15, 0.2) is 9.84 Å². The van der Waals surface area contributed by atoms with Crippen molar-refractivity contribution < 1.29 is 21.2 Å². The first-order valence-corrected chi connectivity index (χ1v) is 9.47. The highest BCUT2D eigenvalue weighted by Gasteiger charge is 2.32. The van der Waals surface area contributed by atoms with Crippen molar-refractivity contribution in [2.24, 2.45) is 0 Å². The van der Waals surface area contributed by atoms with Gasteiger partial charge in [-0.1, -0.05) is 15.9 Å². The molecule has 2 rings (SSSR count). The number of benzene rings is 1. The molecule has 1 atom stereocenters. The number of halogens is 2. The zero-order valence-electron chi connectivity index (χ0n) is 9.64. The minimum atomic E-state index is -4.05. The number of hydrogen-bond donors (Lipinski definition) is 1. The van der Waals surface area contributed by atoms with E-state index in [0.717, 1.165) is 12.1 Å². The van der Waals surface area contributed by atoms with E-state index < -0.39 is 36.6 Å². The summed E-state index contributed by atoms with van der Waals surface area (Å²) < 4.78 is 62.7. The molecule has 1 N–H and O–H groups in total. The van der Waals surface area contributed by atoms with Crippen LogP contribution in [0.3, 0.4) is 0 Å². The van der Waals surface area contributed by atoms with Gasteiger partial charge in [0, 0.05) is 10.5 Å². The Bertz CT molecular complexity index is 702. The average molecular weight is 372 g/mol. The van der Waals surface area contributed by atoms with Crippen LogP contribution in [0.4, 0.5) is 4.39 Å². The summed E-state index contributed by atoms with van der Waals surface area (Å²) in [6.07, 6.45) is 0.208. The predicted molar refractivity (Wildman–Crippen MR) is 71.5 cm³/mol. The molecule has 0 radical (unpaired) electrons. The largest absolute Gasteiger partial charge is 0.243 e. The SMILES string of the molecule is O=S1(=O)CCC(NS(=O)(=O)c2ccc(Br)cc2F)C1. The van der Waals surface area contributed by atoms with Gasteiger partial charge in [-0.25, -0.2) is 25.9 Å². The fraction of sp³-hybridized carbons (Fsp3) is 0.400. The van der Waals surface area contributed by atoms with Crippen LogP contribution in [0.1, 0.15) is 6.42 Å². The van der Waals surface area contributed by atoms with Gasteiger partial charge in [-0.15, -0.1) is 0 Å². The molecule has 0 saturated carbocycles. The van der Waals surface area contributed by atoms with Crippen molar-refractivity contribution in [1.82, 2.24) is 4.72 Å². The molecular formula is C10H11BrFNO4S2. The number of nitrogens with one attached hydrogen (secondary N) is 1. The quantitative estimate of drug-likeness (QED) is 0.860. The highest BCUT2D eigenvalue weighted by molar-refractivity contribution is 9.10. The van der Waals surface area contributed by atoms with Crippen LogP contribution >= 0.6 is 15.9 Å². The molecule has 1 aromatic rings. The second-order valence-corrected chi connectivity index (χ2v) is 9.12.